The van der Waals surface area contributed by atoms with Gasteiger partial charge in [0, 0.05) is 22.3 Å². The number of nitro benzene ring substituents is 1. The Labute approximate surface area is 108 Å². The average molecular weight is 269 g/mol. The molecule has 102 valence electrons. The Bertz CT molecular complexity index is 522. The van der Waals surface area contributed by atoms with E-state index in [1.54, 1.807) is 0 Å². The van der Waals surface area contributed by atoms with Crippen LogP contribution in [0.4, 0.5) is 14.5 Å². The number of benzene rings is 1. The molecule has 0 saturated carbocycles. The lowest BCUT2D eigenvalue weighted by Gasteiger charge is -2.15. The summed E-state index contributed by atoms with van der Waals surface area (Å²) >= 11 is 0. The fourth-order valence-corrected chi connectivity index (χ4v) is 3.33. The van der Waals surface area contributed by atoms with Crippen LogP contribution in [0, 0.1) is 10.1 Å². The van der Waals surface area contributed by atoms with Gasteiger partial charge >= 0.3 is 6.61 Å². The average Bonchev–Trinajstić information content (AvgIpc) is 2.95. The lowest BCUT2D eigenvalue weighted by Crippen LogP contribution is -2.09. The molecule has 0 radical (unpaired) electrons. The third-order valence-corrected chi connectivity index (χ3v) is 3.95. The molecule has 0 N–H and O–H groups in total. The number of nitrogens with zero attached hydrogens (tertiary/aromatic N) is 1. The Morgan fingerprint density at radius 1 is 1.00 bits per heavy atom. The molecule has 0 amide bonds. The van der Waals surface area contributed by atoms with Gasteiger partial charge in [-0.3, -0.25) is 10.1 Å². The van der Waals surface area contributed by atoms with Crippen molar-refractivity contribution in [3.63, 3.8) is 0 Å². The fraction of sp³-hybridized carbons (Fsp3) is 0.538. The van der Waals surface area contributed by atoms with Gasteiger partial charge in [-0.1, -0.05) is 0 Å². The monoisotopic (exact) mass is 269 g/mol. The molecular formula is C13H13F2NO3. The molecule has 0 bridgehead atoms. The van der Waals surface area contributed by atoms with Crippen LogP contribution in [0.3, 0.4) is 0 Å². The molecule has 0 saturated heterocycles. The molecule has 0 atom stereocenters. The van der Waals surface area contributed by atoms with E-state index in [1.807, 2.05) is 0 Å². The largest absolute Gasteiger partial charge is 0.434 e. The van der Waals surface area contributed by atoms with Crippen molar-refractivity contribution < 1.29 is 18.4 Å². The maximum absolute atomic E-state index is 12.6. The molecular weight excluding hydrogens is 256 g/mol. The van der Waals surface area contributed by atoms with Crippen molar-refractivity contribution in [2.75, 3.05) is 0 Å². The second kappa shape index (κ2) is 4.43. The van der Waals surface area contributed by atoms with Crippen LogP contribution in [0.15, 0.2) is 0 Å². The lowest BCUT2D eigenvalue weighted by atomic mass is 9.97. The minimum atomic E-state index is -2.88. The molecule has 6 heteroatoms. The summed E-state index contributed by atoms with van der Waals surface area (Å²) in [6.45, 7) is -2.88. The van der Waals surface area contributed by atoms with Crippen LogP contribution in [0.25, 0.3) is 0 Å². The van der Waals surface area contributed by atoms with Crippen molar-refractivity contribution in [1.82, 2.24) is 0 Å². The first kappa shape index (κ1) is 12.3. The first-order chi connectivity index (χ1) is 9.09. The van der Waals surface area contributed by atoms with E-state index in [-0.39, 0.29) is 16.4 Å². The molecule has 0 fully saturated rings. The molecule has 0 aromatic heterocycles. The van der Waals surface area contributed by atoms with Gasteiger partial charge < -0.3 is 4.74 Å². The summed E-state index contributed by atoms with van der Waals surface area (Å²) in [5.74, 6) is 0.223. The molecule has 3 rings (SSSR count). The van der Waals surface area contributed by atoms with E-state index in [4.69, 9.17) is 0 Å². The van der Waals surface area contributed by atoms with Crippen LogP contribution in [0.2, 0.25) is 0 Å². The van der Waals surface area contributed by atoms with Crippen LogP contribution >= 0.6 is 0 Å². The Morgan fingerprint density at radius 2 is 1.47 bits per heavy atom. The van der Waals surface area contributed by atoms with Crippen molar-refractivity contribution in [1.29, 1.82) is 0 Å². The predicted molar refractivity (Wildman–Crippen MR) is 63.8 cm³/mol. The van der Waals surface area contributed by atoms with E-state index in [0.717, 1.165) is 12.8 Å². The summed E-state index contributed by atoms with van der Waals surface area (Å²) < 4.78 is 29.8. The van der Waals surface area contributed by atoms with E-state index in [0.29, 0.717) is 47.9 Å². The maximum Gasteiger partial charge on any atom is 0.387 e. The van der Waals surface area contributed by atoms with Gasteiger partial charge in [-0.05, 0) is 38.5 Å². The number of nitro groups is 1. The first-order valence-corrected chi connectivity index (χ1v) is 6.38. The SMILES string of the molecule is O=[N+]([O-])c1c2c(c(OC(F)F)c3c1CCC3)CCC2. The predicted octanol–water partition coefficient (Wildman–Crippen LogP) is 3.17. The summed E-state index contributed by atoms with van der Waals surface area (Å²) in [6, 6.07) is 0. The Morgan fingerprint density at radius 3 is 1.89 bits per heavy atom. The summed E-state index contributed by atoms with van der Waals surface area (Å²) in [7, 11) is 0. The number of alkyl halides is 2. The number of ether oxygens (including phenoxy) is 1. The number of hydrogen-bond donors (Lipinski definition) is 0. The molecule has 1 aromatic carbocycles. The van der Waals surface area contributed by atoms with Gasteiger partial charge in [0.15, 0.2) is 0 Å². The minimum Gasteiger partial charge on any atom is -0.434 e. The van der Waals surface area contributed by atoms with Gasteiger partial charge in [0.25, 0.3) is 5.69 Å². The Hall–Kier alpha value is -1.72. The number of halogens is 2. The normalized spacial score (nSPS) is 16.6. The zero-order chi connectivity index (χ0) is 13.6. The van der Waals surface area contributed by atoms with E-state index in [2.05, 4.69) is 4.74 Å². The van der Waals surface area contributed by atoms with E-state index < -0.39 is 6.61 Å². The highest BCUT2D eigenvalue weighted by Gasteiger charge is 2.35. The molecule has 2 aliphatic rings. The highest BCUT2D eigenvalue weighted by atomic mass is 19.3. The van der Waals surface area contributed by atoms with Crippen LogP contribution in [-0.2, 0) is 25.7 Å². The van der Waals surface area contributed by atoms with Crippen LogP contribution in [-0.4, -0.2) is 11.5 Å². The Kier molecular flexibility index (Phi) is 2.88. The van der Waals surface area contributed by atoms with Crippen molar-refractivity contribution in [3.05, 3.63) is 32.4 Å². The quantitative estimate of drug-likeness (QED) is 0.625. The van der Waals surface area contributed by atoms with Gasteiger partial charge in [-0.15, -0.1) is 0 Å². The fourth-order valence-electron chi connectivity index (χ4n) is 3.33. The topological polar surface area (TPSA) is 52.4 Å². The smallest absolute Gasteiger partial charge is 0.387 e. The molecule has 19 heavy (non-hydrogen) atoms. The molecule has 0 unspecified atom stereocenters. The standard InChI is InChI=1S/C13H13F2NO3/c14-13(15)19-12-9-5-1-3-7(9)11(16(17)18)8-4-2-6-10(8)12/h13H,1-6H2. The molecule has 0 heterocycles. The van der Waals surface area contributed by atoms with Gasteiger partial charge in [0.2, 0.25) is 0 Å². The second-order valence-electron chi connectivity index (χ2n) is 4.93. The summed E-state index contributed by atoms with van der Waals surface area (Å²) in [5.41, 5.74) is 2.64. The van der Waals surface area contributed by atoms with E-state index in [1.165, 1.54) is 0 Å². The summed E-state index contributed by atoms with van der Waals surface area (Å²) in [6.07, 6.45) is 3.87. The minimum absolute atomic E-state index is 0.154. The van der Waals surface area contributed by atoms with Gasteiger partial charge in [-0.25, -0.2) is 0 Å². The summed E-state index contributed by atoms with van der Waals surface area (Å²) in [5, 5.41) is 11.3. The van der Waals surface area contributed by atoms with Crippen LogP contribution in [0.5, 0.6) is 5.75 Å². The highest BCUT2D eigenvalue weighted by Crippen LogP contribution is 2.46. The molecule has 0 spiro atoms. The van der Waals surface area contributed by atoms with E-state index >= 15 is 0 Å². The zero-order valence-electron chi connectivity index (χ0n) is 10.2. The Balaban J connectivity index is 2.25. The summed E-state index contributed by atoms with van der Waals surface area (Å²) in [4.78, 5) is 10.9. The zero-order valence-corrected chi connectivity index (χ0v) is 10.2. The number of rotatable bonds is 3. The first-order valence-electron chi connectivity index (χ1n) is 6.38. The van der Waals surface area contributed by atoms with Crippen LogP contribution < -0.4 is 4.74 Å². The van der Waals surface area contributed by atoms with Gasteiger partial charge in [0.1, 0.15) is 5.75 Å². The second-order valence-corrected chi connectivity index (χ2v) is 4.93. The van der Waals surface area contributed by atoms with E-state index in [9.17, 15) is 18.9 Å². The number of fused-ring (bicyclic) bond motifs is 2. The molecule has 0 aliphatic heterocycles. The van der Waals surface area contributed by atoms with Crippen LogP contribution in [0.1, 0.15) is 35.1 Å². The molecule has 1 aromatic rings. The third kappa shape index (κ3) is 1.86. The highest BCUT2D eigenvalue weighted by molar-refractivity contribution is 5.65. The van der Waals surface area contributed by atoms with Gasteiger partial charge in [0.05, 0.1) is 4.92 Å². The van der Waals surface area contributed by atoms with Gasteiger partial charge in [-0.2, -0.15) is 8.78 Å². The van der Waals surface area contributed by atoms with Crippen molar-refractivity contribution in [2.24, 2.45) is 0 Å². The molecule has 2 aliphatic carbocycles. The van der Waals surface area contributed by atoms with Crippen molar-refractivity contribution in [2.45, 2.75) is 45.1 Å². The van der Waals surface area contributed by atoms with Crippen molar-refractivity contribution in [3.8, 4) is 5.75 Å². The maximum atomic E-state index is 12.6. The number of hydrogen-bond acceptors (Lipinski definition) is 3. The third-order valence-electron chi connectivity index (χ3n) is 3.95. The van der Waals surface area contributed by atoms with Crippen molar-refractivity contribution >= 4 is 5.69 Å². The lowest BCUT2D eigenvalue weighted by molar-refractivity contribution is -0.386. The molecule has 4 nitrogen and oxygen atoms in total.